The van der Waals surface area contributed by atoms with E-state index >= 15 is 0 Å². The third-order valence-electron chi connectivity index (χ3n) is 5.49. The number of methoxy groups -OCH3 is 1. The number of nitrogens with one attached hydrogen (secondary N) is 1. The molecule has 8 heteroatoms. The molecule has 0 radical (unpaired) electrons. The van der Waals surface area contributed by atoms with Crippen LogP contribution in [0.4, 0.5) is 0 Å². The molecule has 1 amide bonds. The highest BCUT2D eigenvalue weighted by molar-refractivity contribution is 6.01. The Morgan fingerprint density at radius 2 is 1.94 bits per heavy atom. The van der Waals surface area contributed by atoms with Gasteiger partial charge in [0, 0.05) is 44.9 Å². The van der Waals surface area contributed by atoms with Crippen LogP contribution in [0.15, 0.2) is 47.3 Å². The fourth-order valence-electron chi connectivity index (χ4n) is 3.74. The van der Waals surface area contributed by atoms with Crippen molar-refractivity contribution >= 4 is 16.8 Å². The number of ether oxygens (including phenoxy) is 2. The van der Waals surface area contributed by atoms with Crippen LogP contribution in [0, 0.1) is 0 Å². The summed E-state index contributed by atoms with van der Waals surface area (Å²) in [6.07, 6.45) is 0. The topological polar surface area (TPSA) is 85.7 Å². The van der Waals surface area contributed by atoms with Crippen molar-refractivity contribution in [1.29, 1.82) is 0 Å². The monoisotopic (exact) mass is 422 g/mol. The van der Waals surface area contributed by atoms with Crippen LogP contribution in [-0.2, 0) is 11.8 Å². The summed E-state index contributed by atoms with van der Waals surface area (Å²) in [7, 11) is 3.19. The van der Waals surface area contributed by atoms with E-state index in [9.17, 15) is 9.59 Å². The predicted molar refractivity (Wildman–Crippen MR) is 119 cm³/mol. The summed E-state index contributed by atoms with van der Waals surface area (Å²) in [6, 6.07) is 12.7. The van der Waals surface area contributed by atoms with Crippen molar-refractivity contribution in [2.24, 2.45) is 7.05 Å². The lowest BCUT2D eigenvalue weighted by molar-refractivity contribution is 0.0383. The minimum absolute atomic E-state index is 0.214. The van der Waals surface area contributed by atoms with E-state index in [0.717, 1.165) is 25.2 Å². The zero-order chi connectivity index (χ0) is 21.8. The Hall–Kier alpha value is -3.23. The number of carbonyl (C=O) groups excluding carboxylic acids is 1. The Morgan fingerprint density at radius 3 is 2.65 bits per heavy atom. The van der Waals surface area contributed by atoms with Gasteiger partial charge in [-0.05, 0) is 6.07 Å². The molecule has 1 fully saturated rings. The van der Waals surface area contributed by atoms with Crippen LogP contribution in [0.2, 0.25) is 0 Å². The van der Waals surface area contributed by atoms with Gasteiger partial charge in [-0.3, -0.25) is 19.1 Å². The van der Waals surface area contributed by atoms with Crippen molar-refractivity contribution in [3.8, 4) is 17.1 Å². The van der Waals surface area contributed by atoms with Crippen molar-refractivity contribution in [3.63, 3.8) is 0 Å². The molecular formula is C23H26N4O4. The molecule has 1 aromatic heterocycles. The number of amides is 1. The maximum absolute atomic E-state index is 13.0. The van der Waals surface area contributed by atoms with E-state index in [-0.39, 0.29) is 11.5 Å². The molecule has 2 heterocycles. The van der Waals surface area contributed by atoms with Gasteiger partial charge in [0.25, 0.3) is 11.5 Å². The normalized spacial score (nSPS) is 14.5. The second-order valence-corrected chi connectivity index (χ2v) is 7.45. The van der Waals surface area contributed by atoms with Gasteiger partial charge in [0.2, 0.25) is 0 Å². The highest BCUT2D eigenvalue weighted by atomic mass is 16.5. The molecule has 4 rings (SSSR count). The molecule has 1 N–H and O–H groups in total. The molecule has 162 valence electrons. The number of rotatable bonds is 6. The van der Waals surface area contributed by atoms with Gasteiger partial charge in [0.05, 0.1) is 36.8 Å². The lowest BCUT2D eigenvalue weighted by Gasteiger charge is -2.26. The van der Waals surface area contributed by atoms with Crippen molar-refractivity contribution in [2.45, 2.75) is 0 Å². The molecule has 0 aliphatic carbocycles. The van der Waals surface area contributed by atoms with Gasteiger partial charge < -0.3 is 14.8 Å². The standard InChI is InChI=1S/C23H26N4O4/c1-26-21(16-6-4-3-5-7-16)25-19-15-20(30-2)18(14-17(19)23(26)29)22(28)24-8-9-27-10-12-31-13-11-27/h3-7,14-15H,8-13H2,1-2H3,(H,24,28). The van der Waals surface area contributed by atoms with E-state index in [0.29, 0.717) is 47.8 Å². The minimum Gasteiger partial charge on any atom is -0.496 e. The maximum Gasteiger partial charge on any atom is 0.261 e. The summed E-state index contributed by atoms with van der Waals surface area (Å²) in [4.78, 5) is 32.8. The number of carbonyl (C=O) groups is 1. The van der Waals surface area contributed by atoms with Crippen molar-refractivity contribution in [2.75, 3.05) is 46.5 Å². The lowest BCUT2D eigenvalue weighted by Crippen LogP contribution is -2.41. The Labute approximate surface area is 180 Å². The number of hydrogen-bond donors (Lipinski definition) is 1. The van der Waals surface area contributed by atoms with Crippen LogP contribution in [0.1, 0.15) is 10.4 Å². The number of benzene rings is 2. The van der Waals surface area contributed by atoms with Crippen LogP contribution < -0.4 is 15.6 Å². The summed E-state index contributed by atoms with van der Waals surface area (Å²) in [6.45, 7) is 4.40. The second-order valence-electron chi connectivity index (χ2n) is 7.45. The molecule has 8 nitrogen and oxygen atoms in total. The van der Waals surface area contributed by atoms with E-state index in [1.54, 1.807) is 19.2 Å². The van der Waals surface area contributed by atoms with Crippen LogP contribution >= 0.6 is 0 Å². The first-order chi connectivity index (χ1) is 15.1. The van der Waals surface area contributed by atoms with E-state index in [1.807, 2.05) is 30.3 Å². The Balaban J connectivity index is 1.63. The number of aromatic nitrogens is 2. The number of nitrogens with zero attached hydrogens (tertiary/aromatic N) is 3. The number of hydrogen-bond acceptors (Lipinski definition) is 6. The smallest absolute Gasteiger partial charge is 0.261 e. The van der Waals surface area contributed by atoms with Gasteiger partial charge >= 0.3 is 0 Å². The van der Waals surface area contributed by atoms with E-state index in [1.165, 1.54) is 11.7 Å². The third-order valence-corrected chi connectivity index (χ3v) is 5.49. The molecule has 1 aliphatic rings. The summed E-state index contributed by atoms with van der Waals surface area (Å²) in [5, 5.41) is 3.30. The minimum atomic E-state index is -0.277. The maximum atomic E-state index is 13.0. The summed E-state index contributed by atoms with van der Waals surface area (Å²) in [5.41, 5.74) is 1.44. The molecule has 0 atom stereocenters. The fourth-order valence-corrected chi connectivity index (χ4v) is 3.74. The van der Waals surface area contributed by atoms with E-state index < -0.39 is 0 Å². The van der Waals surface area contributed by atoms with E-state index in [2.05, 4.69) is 15.2 Å². The molecule has 3 aromatic rings. The summed E-state index contributed by atoms with van der Waals surface area (Å²) in [5.74, 6) is 0.667. The van der Waals surface area contributed by atoms with Crippen LogP contribution in [0.3, 0.4) is 0 Å². The zero-order valence-corrected chi connectivity index (χ0v) is 17.8. The molecule has 0 spiro atoms. The molecule has 31 heavy (non-hydrogen) atoms. The van der Waals surface area contributed by atoms with E-state index in [4.69, 9.17) is 9.47 Å². The molecule has 2 aromatic carbocycles. The average Bonchev–Trinajstić information content (AvgIpc) is 2.81. The molecule has 1 saturated heterocycles. The first-order valence-corrected chi connectivity index (χ1v) is 10.3. The van der Waals surface area contributed by atoms with Crippen LogP contribution in [-0.4, -0.2) is 66.9 Å². The summed E-state index contributed by atoms with van der Waals surface area (Å²) < 4.78 is 12.3. The molecule has 0 saturated carbocycles. The van der Waals surface area contributed by atoms with Crippen molar-refractivity contribution in [1.82, 2.24) is 19.8 Å². The van der Waals surface area contributed by atoms with Gasteiger partial charge in [0.15, 0.2) is 0 Å². The summed E-state index contributed by atoms with van der Waals surface area (Å²) >= 11 is 0. The lowest BCUT2D eigenvalue weighted by atomic mass is 10.1. The highest BCUT2D eigenvalue weighted by Crippen LogP contribution is 2.25. The number of fused-ring (bicyclic) bond motifs is 1. The van der Waals surface area contributed by atoms with Gasteiger partial charge in [-0.25, -0.2) is 4.98 Å². The van der Waals surface area contributed by atoms with Gasteiger partial charge in [-0.1, -0.05) is 30.3 Å². The first kappa shape index (κ1) is 21.0. The first-order valence-electron chi connectivity index (χ1n) is 10.3. The molecular weight excluding hydrogens is 396 g/mol. The average molecular weight is 422 g/mol. The largest absolute Gasteiger partial charge is 0.496 e. The Kier molecular flexibility index (Phi) is 6.29. The molecule has 1 aliphatic heterocycles. The van der Waals surface area contributed by atoms with Crippen LogP contribution in [0.5, 0.6) is 5.75 Å². The SMILES string of the molecule is COc1cc2nc(-c3ccccc3)n(C)c(=O)c2cc1C(=O)NCCN1CCOCC1. The third kappa shape index (κ3) is 4.45. The van der Waals surface area contributed by atoms with Gasteiger partial charge in [0.1, 0.15) is 11.6 Å². The Bertz CT molecular complexity index is 1140. The Morgan fingerprint density at radius 1 is 1.19 bits per heavy atom. The second kappa shape index (κ2) is 9.28. The quantitative estimate of drug-likeness (QED) is 0.651. The van der Waals surface area contributed by atoms with Crippen molar-refractivity contribution in [3.05, 3.63) is 58.4 Å². The highest BCUT2D eigenvalue weighted by Gasteiger charge is 2.18. The molecule has 0 unspecified atom stereocenters. The van der Waals surface area contributed by atoms with Gasteiger partial charge in [-0.15, -0.1) is 0 Å². The fraction of sp³-hybridized carbons (Fsp3) is 0.348. The zero-order valence-electron chi connectivity index (χ0n) is 17.8. The molecule has 0 bridgehead atoms. The number of morpholine rings is 1. The predicted octanol–water partition coefficient (Wildman–Crippen LogP) is 1.67. The van der Waals surface area contributed by atoms with Crippen molar-refractivity contribution < 1.29 is 14.3 Å². The van der Waals surface area contributed by atoms with Gasteiger partial charge in [-0.2, -0.15) is 0 Å². The van der Waals surface area contributed by atoms with Crippen LogP contribution in [0.25, 0.3) is 22.3 Å².